The molecule has 2 aromatic carbocycles. The molecule has 0 spiro atoms. The van der Waals surface area contributed by atoms with Crippen LogP contribution in [0.3, 0.4) is 0 Å². The average molecular weight is 593 g/mol. The fourth-order valence-electron chi connectivity index (χ4n) is 2.12. The molecular formula is C19H17Br2ClN4O4S. The smallest absolute Gasteiger partial charge is 0.264 e. The average Bonchev–Trinajstić information content (AvgIpc) is 2.72. The van der Waals surface area contributed by atoms with Crippen molar-refractivity contribution < 1.29 is 19.1 Å². The second-order valence-corrected chi connectivity index (χ2v) is 8.53. The highest BCUT2D eigenvalue weighted by atomic mass is 79.9. The highest BCUT2D eigenvalue weighted by molar-refractivity contribution is 9.11. The molecule has 0 bridgehead atoms. The van der Waals surface area contributed by atoms with Crippen LogP contribution in [0.15, 0.2) is 51.4 Å². The zero-order chi connectivity index (χ0) is 22.8. The number of rotatable bonds is 7. The maximum Gasteiger partial charge on any atom is 0.264 e. The Morgan fingerprint density at radius 2 is 1.68 bits per heavy atom. The first kappa shape index (κ1) is 25.1. The van der Waals surface area contributed by atoms with Crippen molar-refractivity contribution in [2.24, 2.45) is 0 Å². The molecule has 0 atom stereocenters. The van der Waals surface area contributed by atoms with Gasteiger partial charge < -0.3 is 10.1 Å². The van der Waals surface area contributed by atoms with E-state index in [1.807, 2.05) is 0 Å². The monoisotopic (exact) mass is 590 g/mol. The fourth-order valence-corrected chi connectivity index (χ4v) is 3.63. The van der Waals surface area contributed by atoms with Gasteiger partial charge in [0.2, 0.25) is 11.8 Å². The van der Waals surface area contributed by atoms with Crippen LogP contribution in [0.5, 0.6) is 5.75 Å². The lowest BCUT2D eigenvalue weighted by Gasteiger charge is -2.12. The van der Waals surface area contributed by atoms with Gasteiger partial charge in [-0.3, -0.25) is 30.6 Å². The van der Waals surface area contributed by atoms with Gasteiger partial charge in [-0.2, -0.15) is 0 Å². The number of thiocarbonyl (C=S) groups is 1. The maximum absolute atomic E-state index is 11.9. The van der Waals surface area contributed by atoms with Gasteiger partial charge in [-0.05, 0) is 58.5 Å². The third-order valence-corrected chi connectivity index (χ3v) is 5.19. The molecule has 0 saturated heterocycles. The minimum atomic E-state index is -0.513. The predicted octanol–water partition coefficient (Wildman–Crippen LogP) is 3.68. The van der Waals surface area contributed by atoms with E-state index in [2.05, 4.69) is 53.3 Å². The van der Waals surface area contributed by atoms with Crippen LogP contribution in [-0.4, -0.2) is 29.4 Å². The van der Waals surface area contributed by atoms with Gasteiger partial charge in [0, 0.05) is 17.3 Å². The highest BCUT2D eigenvalue weighted by Gasteiger charge is 2.11. The Morgan fingerprint density at radius 1 is 0.968 bits per heavy atom. The predicted molar refractivity (Wildman–Crippen MR) is 129 cm³/mol. The van der Waals surface area contributed by atoms with Crippen LogP contribution in [0.2, 0.25) is 5.02 Å². The van der Waals surface area contributed by atoms with Gasteiger partial charge in [-0.1, -0.05) is 39.7 Å². The molecule has 0 unspecified atom stereocenters. The number of benzene rings is 2. The highest BCUT2D eigenvalue weighted by Crippen LogP contribution is 2.28. The molecule has 2 rings (SSSR count). The number of hydrazine groups is 1. The van der Waals surface area contributed by atoms with Crippen LogP contribution in [-0.2, 0) is 14.4 Å². The van der Waals surface area contributed by atoms with Crippen molar-refractivity contribution in [3.8, 4) is 5.75 Å². The van der Waals surface area contributed by atoms with Crippen molar-refractivity contribution in [2.45, 2.75) is 12.8 Å². The lowest BCUT2D eigenvalue weighted by atomic mass is 10.2. The van der Waals surface area contributed by atoms with Crippen molar-refractivity contribution in [1.29, 1.82) is 0 Å². The van der Waals surface area contributed by atoms with Crippen LogP contribution in [0, 0.1) is 0 Å². The number of halogens is 3. The zero-order valence-electron chi connectivity index (χ0n) is 15.8. The molecule has 0 radical (unpaired) electrons. The molecule has 0 aliphatic carbocycles. The van der Waals surface area contributed by atoms with Gasteiger partial charge in [0.1, 0.15) is 5.75 Å². The van der Waals surface area contributed by atoms with Crippen LogP contribution >= 0.6 is 55.7 Å². The molecule has 0 aliphatic heterocycles. The van der Waals surface area contributed by atoms with Crippen LogP contribution < -0.4 is 26.2 Å². The molecule has 4 N–H and O–H groups in total. The standard InChI is InChI=1S/C19H17Br2ClN4O4S/c20-11-5-6-15(12(21)9-11)30-10-18(29)24-19(31)26-25-17(28)8-7-16(27)23-14-4-2-1-3-13(14)22/h1-6,9H,7-8,10H2,(H,23,27)(H,25,28)(H2,24,26,29,31). The summed E-state index contributed by atoms with van der Waals surface area (Å²) in [5.74, 6) is -0.877. The summed E-state index contributed by atoms with van der Waals surface area (Å²) in [5, 5.41) is 5.27. The van der Waals surface area contributed by atoms with E-state index >= 15 is 0 Å². The van der Waals surface area contributed by atoms with Gasteiger partial charge in [0.05, 0.1) is 15.2 Å². The molecule has 2 aromatic rings. The van der Waals surface area contributed by atoms with Crippen LogP contribution in [0.4, 0.5) is 5.69 Å². The molecule has 3 amide bonds. The Bertz CT molecular complexity index is 993. The van der Waals surface area contributed by atoms with E-state index in [9.17, 15) is 14.4 Å². The minimum absolute atomic E-state index is 0.0617. The second kappa shape index (κ2) is 12.6. The summed E-state index contributed by atoms with van der Waals surface area (Å²) in [5.41, 5.74) is 5.16. The van der Waals surface area contributed by atoms with E-state index < -0.39 is 11.8 Å². The van der Waals surface area contributed by atoms with Gasteiger partial charge in [0.25, 0.3) is 5.91 Å². The van der Waals surface area contributed by atoms with Gasteiger partial charge >= 0.3 is 0 Å². The summed E-state index contributed by atoms with van der Waals surface area (Å²) < 4.78 is 6.94. The molecule has 164 valence electrons. The lowest BCUT2D eigenvalue weighted by Crippen LogP contribution is -2.49. The van der Waals surface area contributed by atoms with Gasteiger partial charge in [-0.25, -0.2) is 0 Å². The fraction of sp³-hybridized carbons (Fsp3) is 0.158. The summed E-state index contributed by atoms with van der Waals surface area (Å²) in [6.45, 7) is -0.280. The molecule has 12 heteroatoms. The number of ether oxygens (including phenoxy) is 1. The van der Waals surface area contributed by atoms with Crippen molar-refractivity contribution in [3.63, 3.8) is 0 Å². The van der Waals surface area contributed by atoms with Crippen molar-refractivity contribution in [2.75, 3.05) is 11.9 Å². The molecule has 31 heavy (non-hydrogen) atoms. The number of hydrogen-bond donors (Lipinski definition) is 4. The summed E-state index contributed by atoms with van der Waals surface area (Å²) in [4.78, 5) is 35.7. The third-order valence-electron chi connectivity index (χ3n) is 3.55. The number of carbonyl (C=O) groups is 3. The molecular weight excluding hydrogens is 576 g/mol. The quantitative estimate of drug-likeness (QED) is 0.289. The molecule has 0 fully saturated rings. The van der Waals surface area contributed by atoms with E-state index in [4.69, 9.17) is 28.6 Å². The van der Waals surface area contributed by atoms with Crippen molar-refractivity contribution in [1.82, 2.24) is 16.2 Å². The van der Waals surface area contributed by atoms with E-state index in [-0.39, 0.29) is 30.5 Å². The third kappa shape index (κ3) is 9.21. The molecule has 0 saturated carbocycles. The number of hydrogen-bond acceptors (Lipinski definition) is 5. The summed E-state index contributed by atoms with van der Waals surface area (Å²) in [6, 6.07) is 12.0. The molecule has 0 heterocycles. The summed E-state index contributed by atoms with van der Waals surface area (Å²) in [7, 11) is 0. The minimum Gasteiger partial charge on any atom is -0.483 e. The summed E-state index contributed by atoms with van der Waals surface area (Å²) >= 11 is 17.5. The van der Waals surface area contributed by atoms with E-state index in [0.29, 0.717) is 20.9 Å². The van der Waals surface area contributed by atoms with E-state index in [1.165, 1.54) is 0 Å². The zero-order valence-corrected chi connectivity index (χ0v) is 20.6. The van der Waals surface area contributed by atoms with Gasteiger partial charge in [0.15, 0.2) is 11.7 Å². The summed E-state index contributed by atoms with van der Waals surface area (Å²) in [6.07, 6.45) is -0.158. The van der Waals surface area contributed by atoms with E-state index in [1.54, 1.807) is 42.5 Å². The SMILES string of the molecule is O=C(CCC(=O)Nc1ccccc1Cl)NNC(=S)NC(=O)COc1ccc(Br)cc1Br. The first-order valence-corrected chi connectivity index (χ1v) is 11.1. The normalized spacial score (nSPS) is 10.0. The first-order valence-electron chi connectivity index (χ1n) is 8.75. The Hall–Kier alpha value is -2.21. The van der Waals surface area contributed by atoms with Crippen LogP contribution in [0.25, 0.3) is 0 Å². The second-order valence-electron chi connectivity index (χ2n) is 5.94. The Kier molecular flexibility index (Phi) is 10.2. The Balaban J connectivity index is 1.64. The first-order chi connectivity index (χ1) is 14.7. The number of para-hydroxylation sites is 1. The van der Waals surface area contributed by atoms with Gasteiger partial charge in [-0.15, -0.1) is 0 Å². The van der Waals surface area contributed by atoms with Crippen LogP contribution in [0.1, 0.15) is 12.8 Å². The molecule has 8 nitrogen and oxygen atoms in total. The topological polar surface area (TPSA) is 109 Å². The van der Waals surface area contributed by atoms with Crippen molar-refractivity contribution >= 4 is 84.2 Å². The number of nitrogens with one attached hydrogen (secondary N) is 4. The Labute approximate surface area is 205 Å². The number of anilines is 1. The molecule has 0 aliphatic rings. The van der Waals surface area contributed by atoms with Crippen molar-refractivity contribution in [3.05, 3.63) is 56.4 Å². The maximum atomic E-state index is 11.9. The number of carbonyl (C=O) groups excluding carboxylic acids is 3. The lowest BCUT2D eigenvalue weighted by molar-refractivity contribution is -0.125. The Morgan fingerprint density at radius 3 is 2.39 bits per heavy atom. The van der Waals surface area contributed by atoms with E-state index in [0.717, 1.165) is 4.47 Å². The largest absolute Gasteiger partial charge is 0.483 e. The molecule has 0 aromatic heterocycles. The number of amides is 3.